The van der Waals surface area contributed by atoms with Crippen molar-refractivity contribution in [3.63, 3.8) is 0 Å². The molecule has 6 nitrogen and oxygen atoms in total. The summed E-state index contributed by atoms with van der Waals surface area (Å²) >= 11 is 0. The highest BCUT2D eigenvalue weighted by atomic mass is 16.5. The summed E-state index contributed by atoms with van der Waals surface area (Å²) < 4.78 is 11.6. The molecule has 1 heterocycles. The van der Waals surface area contributed by atoms with Crippen LogP contribution in [0.1, 0.15) is 61.3 Å². The summed E-state index contributed by atoms with van der Waals surface area (Å²) in [6.45, 7) is 2.02. The zero-order valence-electron chi connectivity index (χ0n) is 18.1. The van der Waals surface area contributed by atoms with Gasteiger partial charge in [-0.1, -0.05) is 37.3 Å². The number of ether oxygens (including phenoxy) is 2. The molecule has 0 spiro atoms. The maximum Gasteiger partial charge on any atom is 0.252 e. The molecule has 1 amide bonds. The van der Waals surface area contributed by atoms with E-state index in [1.807, 2.05) is 43.3 Å². The van der Waals surface area contributed by atoms with Gasteiger partial charge < -0.3 is 19.8 Å². The Labute approximate surface area is 183 Å². The van der Waals surface area contributed by atoms with Gasteiger partial charge in [-0.3, -0.25) is 4.79 Å². The Morgan fingerprint density at radius 1 is 1.16 bits per heavy atom. The quantitative estimate of drug-likeness (QED) is 0.520. The zero-order valence-corrected chi connectivity index (χ0v) is 18.1. The molecule has 1 aliphatic carbocycles. The van der Waals surface area contributed by atoms with Crippen LogP contribution in [-0.4, -0.2) is 29.1 Å². The number of aromatic nitrogens is 2. The van der Waals surface area contributed by atoms with Gasteiger partial charge in [0.2, 0.25) is 0 Å². The molecule has 1 fully saturated rings. The van der Waals surface area contributed by atoms with Crippen LogP contribution < -0.4 is 14.8 Å². The van der Waals surface area contributed by atoms with Gasteiger partial charge in [0.25, 0.3) is 5.91 Å². The van der Waals surface area contributed by atoms with Crippen molar-refractivity contribution in [2.24, 2.45) is 0 Å². The number of hydrogen-bond donors (Lipinski definition) is 2. The molecule has 0 aliphatic heterocycles. The van der Waals surface area contributed by atoms with Crippen LogP contribution in [0.2, 0.25) is 0 Å². The third kappa shape index (κ3) is 4.90. The van der Waals surface area contributed by atoms with Crippen LogP contribution in [0.25, 0.3) is 11.3 Å². The van der Waals surface area contributed by atoms with Gasteiger partial charge in [-0.05, 0) is 55.9 Å². The smallest absolute Gasteiger partial charge is 0.252 e. The summed E-state index contributed by atoms with van der Waals surface area (Å²) in [7, 11) is 1.60. The summed E-state index contributed by atoms with van der Waals surface area (Å²) in [6, 6.07) is 15.1. The molecule has 1 unspecified atom stereocenters. The Morgan fingerprint density at radius 3 is 2.65 bits per heavy atom. The maximum atomic E-state index is 12.9. The van der Waals surface area contributed by atoms with Crippen molar-refractivity contribution in [1.82, 2.24) is 15.3 Å². The first-order valence-electron chi connectivity index (χ1n) is 10.9. The molecule has 3 aromatic rings. The lowest BCUT2D eigenvalue weighted by Gasteiger charge is -2.18. The van der Waals surface area contributed by atoms with Crippen LogP contribution in [0.5, 0.6) is 11.5 Å². The Morgan fingerprint density at radius 2 is 1.94 bits per heavy atom. The second-order valence-electron chi connectivity index (χ2n) is 7.87. The average molecular weight is 420 g/mol. The molecule has 1 aromatic heterocycles. The van der Waals surface area contributed by atoms with Crippen molar-refractivity contribution in [3.05, 3.63) is 66.1 Å². The Bertz CT molecular complexity index is 1010. The molecule has 0 bridgehead atoms. The van der Waals surface area contributed by atoms with E-state index in [4.69, 9.17) is 9.47 Å². The van der Waals surface area contributed by atoms with Crippen molar-refractivity contribution < 1.29 is 14.3 Å². The molecular formula is C25H29N3O3. The highest BCUT2D eigenvalue weighted by Crippen LogP contribution is 2.32. The number of methoxy groups -OCH3 is 1. The number of nitrogens with zero attached hydrogens (tertiary/aromatic N) is 1. The molecule has 2 N–H and O–H groups in total. The predicted octanol–water partition coefficient (Wildman–Crippen LogP) is 5.29. The van der Waals surface area contributed by atoms with Crippen LogP contribution in [-0.2, 0) is 0 Å². The molecule has 0 radical (unpaired) electrons. The first-order valence-corrected chi connectivity index (χ1v) is 10.9. The van der Waals surface area contributed by atoms with E-state index in [9.17, 15) is 4.79 Å². The standard InChI is InChI=1S/C25H29N3O3/c1-3-20(24-26-16-21(27-24)17-9-5-4-6-10-17)28-25(29)18-13-14-22(23(15-18)30-2)31-19-11-7-8-12-19/h4-6,9-10,13-16,19-20H,3,7-8,11-12H2,1-2H3,(H,26,27)(H,28,29). The first-order chi connectivity index (χ1) is 15.2. The normalized spacial score (nSPS) is 14.9. The molecule has 6 heteroatoms. The maximum absolute atomic E-state index is 12.9. The molecular weight excluding hydrogens is 390 g/mol. The van der Waals surface area contributed by atoms with E-state index in [-0.39, 0.29) is 18.1 Å². The van der Waals surface area contributed by atoms with Gasteiger partial charge >= 0.3 is 0 Å². The monoisotopic (exact) mass is 419 g/mol. The van der Waals surface area contributed by atoms with Crippen molar-refractivity contribution in [2.45, 2.75) is 51.2 Å². The van der Waals surface area contributed by atoms with E-state index in [1.54, 1.807) is 25.4 Å². The Balaban J connectivity index is 1.46. The summed E-state index contributed by atoms with van der Waals surface area (Å²) in [5, 5.41) is 3.08. The largest absolute Gasteiger partial charge is 0.493 e. The second kappa shape index (κ2) is 9.69. The topological polar surface area (TPSA) is 76.2 Å². The number of aromatic amines is 1. The molecule has 4 rings (SSSR count). The molecule has 1 saturated carbocycles. The van der Waals surface area contributed by atoms with Gasteiger partial charge in [0.05, 0.1) is 31.1 Å². The molecule has 1 atom stereocenters. The third-order valence-electron chi connectivity index (χ3n) is 5.75. The van der Waals surface area contributed by atoms with E-state index < -0.39 is 0 Å². The molecule has 31 heavy (non-hydrogen) atoms. The van der Waals surface area contributed by atoms with Gasteiger partial charge in [0.1, 0.15) is 5.82 Å². The summed E-state index contributed by atoms with van der Waals surface area (Å²) in [5.41, 5.74) is 2.52. The SMILES string of the molecule is CCC(NC(=O)c1ccc(OC2CCCC2)c(OC)c1)c1ncc(-c2ccccc2)[nH]1. The number of carbonyl (C=O) groups is 1. The number of nitrogens with one attached hydrogen (secondary N) is 2. The van der Waals surface area contributed by atoms with E-state index in [0.29, 0.717) is 23.5 Å². The van der Waals surface area contributed by atoms with E-state index in [2.05, 4.69) is 15.3 Å². The van der Waals surface area contributed by atoms with Crippen molar-refractivity contribution in [3.8, 4) is 22.8 Å². The number of hydrogen-bond acceptors (Lipinski definition) is 4. The van der Waals surface area contributed by atoms with E-state index in [0.717, 1.165) is 29.9 Å². The minimum atomic E-state index is -0.217. The van der Waals surface area contributed by atoms with Crippen LogP contribution in [0, 0.1) is 0 Å². The third-order valence-corrected chi connectivity index (χ3v) is 5.75. The van der Waals surface area contributed by atoms with Crippen LogP contribution in [0.4, 0.5) is 0 Å². The van der Waals surface area contributed by atoms with Gasteiger partial charge in [0.15, 0.2) is 11.5 Å². The minimum absolute atomic E-state index is 0.171. The Kier molecular flexibility index (Phi) is 6.55. The lowest BCUT2D eigenvalue weighted by Crippen LogP contribution is -2.29. The second-order valence-corrected chi connectivity index (χ2v) is 7.87. The average Bonchev–Trinajstić information content (AvgIpc) is 3.50. The predicted molar refractivity (Wildman–Crippen MR) is 120 cm³/mol. The first kappa shape index (κ1) is 21.0. The highest BCUT2D eigenvalue weighted by Gasteiger charge is 2.21. The number of amides is 1. The van der Waals surface area contributed by atoms with Crippen LogP contribution >= 0.6 is 0 Å². The van der Waals surface area contributed by atoms with Crippen LogP contribution in [0.3, 0.4) is 0 Å². The van der Waals surface area contributed by atoms with Gasteiger partial charge in [-0.25, -0.2) is 4.98 Å². The molecule has 0 saturated heterocycles. The van der Waals surface area contributed by atoms with Crippen molar-refractivity contribution in [1.29, 1.82) is 0 Å². The number of rotatable bonds is 8. The fourth-order valence-electron chi connectivity index (χ4n) is 3.98. The minimum Gasteiger partial charge on any atom is -0.493 e. The van der Waals surface area contributed by atoms with Gasteiger partial charge in [-0.15, -0.1) is 0 Å². The zero-order chi connectivity index (χ0) is 21.6. The van der Waals surface area contributed by atoms with E-state index in [1.165, 1.54) is 12.8 Å². The van der Waals surface area contributed by atoms with Gasteiger partial charge in [0, 0.05) is 5.56 Å². The number of benzene rings is 2. The van der Waals surface area contributed by atoms with Gasteiger partial charge in [-0.2, -0.15) is 0 Å². The number of H-pyrrole nitrogens is 1. The fourth-order valence-corrected chi connectivity index (χ4v) is 3.98. The van der Waals surface area contributed by atoms with E-state index >= 15 is 0 Å². The summed E-state index contributed by atoms with van der Waals surface area (Å²) in [4.78, 5) is 20.8. The highest BCUT2D eigenvalue weighted by molar-refractivity contribution is 5.95. The number of carbonyl (C=O) groups excluding carboxylic acids is 1. The lowest BCUT2D eigenvalue weighted by atomic mass is 10.1. The molecule has 162 valence electrons. The molecule has 2 aromatic carbocycles. The van der Waals surface area contributed by atoms with Crippen molar-refractivity contribution >= 4 is 5.91 Å². The summed E-state index contributed by atoms with van der Waals surface area (Å²) in [5.74, 6) is 1.84. The Hall–Kier alpha value is -3.28. The van der Waals surface area contributed by atoms with Crippen molar-refractivity contribution in [2.75, 3.05) is 7.11 Å². The van der Waals surface area contributed by atoms with Crippen LogP contribution in [0.15, 0.2) is 54.7 Å². The summed E-state index contributed by atoms with van der Waals surface area (Å²) in [6.07, 6.45) is 7.28. The number of imidazole rings is 1. The fraction of sp³-hybridized carbons (Fsp3) is 0.360. The molecule has 1 aliphatic rings. The lowest BCUT2D eigenvalue weighted by molar-refractivity contribution is 0.0933.